The Bertz CT molecular complexity index is 444. The molecule has 0 amide bonds. The molecule has 0 heterocycles. The van der Waals surface area contributed by atoms with Gasteiger partial charge in [0.15, 0.2) is 0 Å². The molecule has 0 bridgehead atoms. The molecule has 8 heteroatoms. The number of ether oxygens (including phenoxy) is 1. The summed E-state index contributed by atoms with van der Waals surface area (Å²) in [5, 5.41) is 7.04. The number of halogens is 5. The Hall–Kier alpha value is -1.86. The van der Waals surface area contributed by atoms with Gasteiger partial charge in [-0.15, -0.1) is 0 Å². The van der Waals surface area contributed by atoms with Crippen molar-refractivity contribution in [1.82, 2.24) is 0 Å². The Balaban J connectivity index is 3.08. The molecule has 0 atom stereocenters. The van der Waals surface area contributed by atoms with E-state index in [2.05, 4.69) is 4.74 Å². The van der Waals surface area contributed by atoms with Crippen molar-refractivity contribution in [2.45, 2.75) is 12.6 Å². The van der Waals surface area contributed by atoms with Gasteiger partial charge >= 0.3 is 6.18 Å². The molecule has 0 fully saturated rings. The van der Waals surface area contributed by atoms with E-state index in [-0.39, 0.29) is 5.75 Å². The van der Waals surface area contributed by atoms with Crippen LogP contribution < -0.4 is 10.5 Å². The molecule has 1 rings (SSSR count). The molecular weight excluding hydrogens is 259 g/mol. The molecule has 0 aliphatic heterocycles. The zero-order valence-corrected chi connectivity index (χ0v) is 8.89. The average Bonchev–Trinajstić information content (AvgIpc) is 2.24. The molecule has 0 aromatic heterocycles. The Morgan fingerprint density at radius 3 is 2.39 bits per heavy atom. The van der Waals surface area contributed by atoms with Gasteiger partial charge in [-0.25, -0.2) is 8.78 Å². The molecule has 0 aliphatic carbocycles. The first kappa shape index (κ1) is 14.2. The fourth-order valence-corrected chi connectivity index (χ4v) is 1.24. The highest BCUT2D eigenvalue weighted by atomic mass is 19.4. The predicted octanol–water partition coefficient (Wildman–Crippen LogP) is 2.63. The first-order valence-electron chi connectivity index (χ1n) is 4.68. The number of nitrogens with one attached hydrogen (secondary N) is 1. The summed E-state index contributed by atoms with van der Waals surface area (Å²) in [7, 11) is 0. The molecule has 0 spiro atoms. The summed E-state index contributed by atoms with van der Waals surface area (Å²) in [4.78, 5) is 0. The molecule has 1 aromatic carbocycles. The highest BCUT2D eigenvalue weighted by Crippen LogP contribution is 2.33. The van der Waals surface area contributed by atoms with E-state index < -0.39 is 36.2 Å². The minimum atomic E-state index is -4.68. The number of hydrogen-bond donors (Lipinski definition) is 2. The predicted molar refractivity (Wildman–Crippen MR) is 54.0 cm³/mol. The first-order chi connectivity index (χ1) is 8.21. The summed E-state index contributed by atoms with van der Waals surface area (Å²) < 4.78 is 65.9. The van der Waals surface area contributed by atoms with Gasteiger partial charge in [0, 0.05) is 5.56 Å². The maximum absolute atomic E-state index is 12.5. The summed E-state index contributed by atoms with van der Waals surface area (Å²) in [5.41, 5.74) is 3.30. The lowest BCUT2D eigenvalue weighted by molar-refractivity contribution is -0.137. The van der Waals surface area contributed by atoms with Gasteiger partial charge in [-0.1, -0.05) is 0 Å². The quantitative estimate of drug-likeness (QED) is 0.501. The molecule has 0 radical (unpaired) electrons. The summed E-state index contributed by atoms with van der Waals surface area (Å²) >= 11 is 0. The smallest absolute Gasteiger partial charge is 0.417 e. The summed E-state index contributed by atoms with van der Waals surface area (Å²) in [5.74, 6) is -1.02. The number of nitrogens with two attached hydrogens (primary N) is 1. The highest BCUT2D eigenvalue weighted by Gasteiger charge is 2.34. The van der Waals surface area contributed by atoms with E-state index >= 15 is 0 Å². The third-order valence-electron chi connectivity index (χ3n) is 1.96. The first-order valence-corrected chi connectivity index (χ1v) is 4.68. The van der Waals surface area contributed by atoms with Crippen LogP contribution in [0.15, 0.2) is 18.2 Å². The fourth-order valence-electron chi connectivity index (χ4n) is 1.24. The van der Waals surface area contributed by atoms with Gasteiger partial charge in [0.1, 0.15) is 18.2 Å². The van der Waals surface area contributed by atoms with Crippen molar-refractivity contribution in [1.29, 1.82) is 5.41 Å². The topological polar surface area (TPSA) is 59.1 Å². The molecule has 100 valence electrons. The Morgan fingerprint density at radius 2 is 1.94 bits per heavy atom. The van der Waals surface area contributed by atoms with Crippen LogP contribution in [0.2, 0.25) is 0 Å². The van der Waals surface area contributed by atoms with Crippen LogP contribution in [0.5, 0.6) is 5.75 Å². The Kier molecular flexibility index (Phi) is 4.10. The maximum atomic E-state index is 12.5. The van der Waals surface area contributed by atoms with Crippen molar-refractivity contribution in [2.75, 3.05) is 6.61 Å². The van der Waals surface area contributed by atoms with Gasteiger partial charge in [-0.05, 0) is 18.2 Å². The standard InChI is InChI=1S/C10H9F5N2O/c11-8(12)4-18-5-1-2-7(10(13,14)15)6(3-5)9(16)17/h1-3,8H,4H2,(H3,16,17). The Morgan fingerprint density at radius 1 is 1.33 bits per heavy atom. The zero-order valence-electron chi connectivity index (χ0n) is 8.89. The summed E-state index contributed by atoms with van der Waals surface area (Å²) in [6.45, 7) is -0.942. The van der Waals surface area contributed by atoms with Crippen molar-refractivity contribution >= 4 is 5.84 Å². The Labute approximate surface area is 98.9 Å². The van der Waals surface area contributed by atoms with E-state index in [4.69, 9.17) is 11.1 Å². The number of nitrogen functional groups attached to an aromatic ring is 1. The van der Waals surface area contributed by atoms with Crippen molar-refractivity contribution in [3.8, 4) is 5.75 Å². The number of benzene rings is 1. The largest absolute Gasteiger partial charge is 0.488 e. The van der Waals surface area contributed by atoms with E-state index in [1.807, 2.05) is 0 Å². The number of rotatable bonds is 4. The van der Waals surface area contributed by atoms with Gasteiger partial charge in [-0.3, -0.25) is 5.41 Å². The third kappa shape index (κ3) is 3.57. The normalized spacial score (nSPS) is 11.7. The molecular formula is C10H9F5N2O. The van der Waals surface area contributed by atoms with E-state index in [0.29, 0.717) is 6.07 Å². The van der Waals surface area contributed by atoms with Crippen molar-refractivity contribution in [3.05, 3.63) is 29.3 Å². The molecule has 0 saturated heterocycles. The highest BCUT2D eigenvalue weighted by molar-refractivity contribution is 5.97. The second kappa shape index (κ2) is 5.19. The van der Waals surface area contributed by atoms with Crippen LogP contribution >= 0.6 is 0 Å². The second-order valence-corrected chi connectivity index (χ2v) is 3.32. The van der Waals surface area contributed by atoms with E-state index in [1.165, 1.54) is 0 Å². The van der Waals surface area contributed by atoms with Gasteiger partial charge in [-0.2, -0.15) is 13.2 Å². The number of hydrogen-bond acceptors (Lipinski definition) is 2. The molecule has 0 aliphatic rings. The van der Waals surface area contributed by atoms with Gasteiger partial charge in [0.25, 0.3) is 6.43 Å². The number of amidine groups is 1. The molecule has 1 aromatic rings. The van der Waals surface area contributed by atoms with Crippen molar-refractivity contribution < 1.29 is 26.7 Å². The lowest BCUT2D eigenvalue weighted by Gasteiger charge is -2.13. The second-order valence-electron chi connectivity index (χ2n) is 3.32. The molecule has 3 nitrogen and oxygen atoms in total. The van der Waals surface area contributed by atoms with Crippen LogP contribution in [-0.2, 0) is 6.18 Å². The van der Waals surface area contributed by atoms with E-state index in [0.717, 1.165) is 12.1 Å². The van der Waals surface area contributed by atoms with Crippen LogP contribution in [0.3, 0.4) is 0 Å². The maximum Gasteiger partial charge on any atom is 0.417 e. The van der Waals surface area contributed by atoms with Gasteiger partial charge in [0.05, 0.1) is 5.56 Å². The van der Waals surface area contributed by atoms with Gasteiger partial charge in [0.2, 0.25) is 0 Å². The minimum absolute atomic E-state index is 0.200. The third-order valence-corrected chi connectivity index (χ3v) is 1.96. The molecule has 0 saturated carbocycles. The van der Waals surface area contributed by atoms with E-state index in [1.54, 1.807) is 0 Å². The number of alkyl halides is 5. The SMILES string of the molecule is N=C(N)c1cc(OCC(F)F)ccc1C(F)(F)F. The van der Waals surface area contributed by atoms with Crippen LogP contribution in [0, 0.1) is 5.41 Å². The average molecular weight is 268 g/mol. The van der Waals surface area contributed by atoms with Crippen molar-refractivity contribution in [3.63, 3.8) is 0 Å². The minimum Gasteiger partial charge on any atom is -0.488 e. The van der Waals surface area contributed by atoms with Crippen LogP contribution in [0.25, 0.3) is 0 Å². The van der Waals surface area contributed by atoms with Crippen LogP contribution in [-0.4, -0.2) is 18.9 Å². The summed E-state index contributed by atoms with van der Waals surface area (Å²) in [6.07, 6.45) is -7.42. The summed E-state index contributed by atoms with van der Waals surface area (Å²) in [6, 6.07) is 2.35. The van der Waals surface area contributed by atoms with Crippen LogP contribution in [0.1, 0.15) is 11.1 Å². The molecule has 18 heavy (non-hydrogen) atoms. The lowest BCUT2D eigenvalue weighted by Crippen LogP contribution is -2.19. The zero-order chi connectivity index (χ0) is 13.9. The monoisotopic (exact) mass is 268 g/mol. The molecule has 0 unspecified atom stereocenters. The van der Waals surface area contributed by atoms with Gasteiger partial charge < -0.3 is 10.5 Å². The molecule has 3 N–H and O–H groups in total. The fraction of sp³-hybridized carbons (Fsp3) is 0.300. The van der Waals surface area contributed by atoms with Crippen molar-refractivity contribution in [2.24, 2.45) is 5.73 Å². The van der Waals surface area contributed by atoms with Crippen LogP contribution in [0.4, 0.5) is 22.0 Å². The lowest BCUT2D eigenvalue weighted by atomic mass is 10.1. The van der Waals surface area contributed by atoms with E-state index in [9.17, 15) is 22.0 Å².